The zero-order valence-corrected chi connectivity index (χ0v) is 13.0. The summed E-state index contributed by atoms with van der Waals surface area (Å²) in [5.41, 5.74) is 0. The molecule has 1 aliphatic heterocycles. The van der Waals surface area contributed by atoms with E-state index in [4.69, 9.17) is 4.74 Å². The Balaban J connectivity index is 1.92. The molecule has 1 atom stereocenters. The fourth-order valence-corrected chi connectivity index (χ4v) is 2.66. The minimum atomic E-state index is -0.428. The van der Waals surface area contributed by atoms with E-state index in [0.29, 0.717) is 0 Å². The lowest BCUT2D eigenvalue weighted by Gasteiger charge is -2.32. The van der Waals surface area contributed by atoms with Gasteiger partial charge in [-0.3, -0.25) is 4.79 Å². The molecule has 0 aliphatic carbocycles. The van der Waals surface area contributed by atoms with Gasteiger partial charge in [0.1, 0.15) is 5.75 Å². The molecule has 1 aliphatic rings. The molecule has 19 heavy (non-hydrogen) atoms. The molecule has 3 nitrogen and oxygen atoms in total. The Labute approximate surface area is 123 Å². The van der Waals surface area contributed by atoms with E-state index in [0.717, 1.165) is 42.1 Å². The van der Waals surface area contributed by atoms with Gasteiger partial charge in [-0.15, -0.1) is 0 Å². The van der Waals surface area contributed by atoms with E-state index >= 15 is 0 Å². The van der Waals surface area contributed by atoms with Crippen LogP contribution in [-0.2, 0) is 4.79 Å². The van der Waals surface area contributed by atoms with Crippen LogP contribution >= 0.6 is 15.9 Å². The number of hydrogen-bond acceptors (Lipinski definition) is 2. The van der Waals surface area contributed by atoms with Crippen molar-refractivity contribution in [1.82, 2.24) is 4.90 Å². The molecule has 1 unspecified atom stereocenters. The van der Waals surface area contributed by atoms with E-state index < -0.39 is 6.10 Å². The molecule has 0 spiro atoms. The Kier molecular flexibility index (Phi) is 4.86. The van der Waals surface area contributed by atoms with Gasteiger partial charge in [-0.05, 0) is 43.9 Å². The Morgan fingerprint density at radius 2 is 2.11 bits per heavy atom. The van der Waals surface area contributed by atoms with Gasteiger partial charge in [-0.2, -0.15) is 0 Å². The third-order valence-corrected chi connectivity index (χ3v) is 4.05. The second kappa shape index (κ2) is 6.42. The Morgan fingerprint density at radius 1 is 1.42 bits per heavy atom. The molecule has 1 amide bonds. The molecule has 0 saturated carbocycles. The summed E-state index contributed by atoms with van der Waals surface area (Å²) in [6.45, 7) is 5.77. The molecule has 0 bridgehead atoms. The first-order valence-electron chi connectivity index (χ1n) is 6.77. The highest BCUT2D eigenvalue weighted by atomic mass is 79.9. The van der Waals surface area contributed by atoms with Gasteiger partial charge < -0.3 is 9.64 Å². The summed E-state index contributed by atoms with van der Waals surface area (Å²) >= 11 is 3.40. The topological polar surface area (TPSA) is 29.5 Å². The number of halogens is 1. The average molecular weight is 326 g/mol. The third kappa shape index (κ3) is 3.96. The van der Waals surface area contributed by atoms with Crippen molar-refractivity contribution in [2.24, 2.45) is 5.92 Å². The standard InChI is InChI=1S/C15H20BrNO2/c1-11-6-8-17(9-7-11)15(18)12(2)19-14-5-3-4-13(16)10-14/h3-5,10-12H,6-9H2,1-2H3. The second-order valence-electron chi connectivity index (χ2n) is 5.23. The lowest BCUT2D eigenvalue weighted by molar-refractivity contribution is -0.139. The molecule has 1 aromatic rings. The maximum Gasteiger partial charge on any atom is 0.263 e. The van der Waals surface area contributed by atoms with Crippen LogP contribution in [0.3, 0.4) is 0 Å². The van der Waals surface area contributed by atoms with Gasteiger partial charge in [0.25, 0.3) is 5.91 Å². The first-order valence-corrected chi connectivity index (χ1v) is 7.56. The van der Waals surface area contributed by atoms with Gasteiger partial charge in [0.2, 0.25) is 0 Å². The Morgan fingerprint density at radius 3 is 2.74 bits per heavy atom. The van der Waals surface area contributed by atoms with Crippen LogP contribution in [0.1, 0.15) is 26.7 Å². The predicted molar refractivity (Wildman–Crippen MR) is 79.2 cm³/mol. The lowest BCUT2D eigenvalue weighted by Crippen LogP contribution is -2.44. The molecule has 0 radical (unpaired) electrons. The molecule has 0 aromatic heterocycles. The van der Waals surface area contributed by atoms with Crippen LogP contribution in [0.5, 0.6) is 5.75 Å². The van der Waals surface area contributed by atoms with Crippen molar-refractivity contribution in [2.45, 2.75) is 32.8 Å². The molecular weight excluding hydrogens is 306 g/mol. The fourth-order valence-electron chi connectivity index (χ4n) is 2.28. The van der Waals surface area contributed by atoms with Crippen molar-refractivity contribution in [3.05, 3.63) is 28.7 Å². The number of carbonyl (C=O) groups excluding carboxylic acids is 1. The van der Waals surface area contributed by atoms with Gasteiger partial charge in [-0.25, -0.2) is 0 Å². The number of likely N-dealkylation sites (tertiary alicyclic amines) is 1. The number of nitrogens with zero attached hydrogens (tertiary/aromatic N) is 1. The van der Waals surface area contributed by atoms with Crippen molar-refractivity contribution >= 4 is 21.8 Å². The summed E-state index contributed by atoms with van der Waals surface area (Å²) in [5.74, 6) is 1.54. The highest BCUT2D eigenvalue weighted by molar-refractivity contribution is 9.10. The number of carbonyl (C=O) groups is 1. The third-order valence-electron chi connectivity index (χ3n) is 3.55. The quantitative estimate of drug-likeness (QED) is 0.851. The summed E-state index contributed by atoms with van der Waals surface area (Å²) in [4.78, 5) is 14.2. The largest absolute Gasteiger partial charge is 0.481 e. The molecule has 104 valence electrons. The van der Waals surface area contributed by atoms with Crippen molar-refractivity contribution < 1.29 is 9.53 Å². The number of benzene rings is 1. The van der Waals surface area contributed by atoms with Crippen molar-refractivity contribution in [3.63, 3.8) is 0 Å². The first-order chi connectivity index (χ1) is 9.06. The summed E-state index contributed by atoms with van der Waals surface area (Å²) in [7, 11) is 0. The minimum Gasteiger partial charge on any atom is -0.481 e. The molecule has 1 saturated heterocycles. The van der Waals surface area contributed by atoms with Crippen molar-refractivity contribution in [2.75, 3.05) is 13.1 Å². The van der Waals surface area contributed by atoms with Crippen molar-refractivity contribution in [1.29, 1.82) is 0 Å². The zero-order valence-electron chi connectivity index (χ0n) is 11.4. The molecule has 2 rings (SSSR count). The van der Waals surface area contributed by atoms with Gasteiger partial charge in [0.15, 0.2) is 6.10 Å². The highest BCUT2D eigenvalue weighted by Gasteiger charge is 2.25. The van der Waals surface area contributed by atoms with Gasteiger partial charge >= 0.3 is 0 Å². The number of hydrogen-bond donors (Lipinski definition) is 0. The van der Waals surface area contributed by atoms with Crippen LogP contribution in [0.4, 0.5) is 0 Å². The molecule has 1 aromatic carbocycles. The van der Waals surface area contributed by atoms with E-state index in [-0.39, 0.29) is 5.91 Å². The monoisotopic (exact) mass is 325 g/mol. The fraction of sp³-hybridized carbons (Fsp3) is 0.533. The van der Waals surface area contributed by atoms with Crippen LogP contribution in [-0.4, -0.2) is 30.0 Å². The van der Waals surface area contributed by atoms with E-state index in [1.165, 1.54) is 0 Å². The van der Waals surface area contributed by atoms with Crippen LogP contribution in [0.15, 0.2) is 28.7 Å². The van der Waals surface area contributed by atoms with Gasteiger partial charge in [0.05, 0.1) is 0 Å². The summed E-state index contributed by atoms with van der Waals surface area (Å²) < 4.78 is 6.67. The first kappa shape index (κ1) is 14.4. The summed E-state index contributed by atoms with van der Waals surface area (Å²) in [6, 6.07) is 7.58. The van der Waals surface area contributed by atoms with Crippen LogP contribution in [0.25, 0.3) is 0 Å². The van der Waals surface area contributed by atoms with Gasteiger partial charge in [-0.1, -0.05) is 28.9 Å². The average Bonchev–Trinajstić information content (AvgIpc) is 2.39. The van der Waals surface area contributed by atoms with Crippen LogP contribution in [0, 0.1) is 5.92 Å². The Bertz CT molecular complexity index is 442. The summed E-state index contributed by atoms with van der Waals surface area (Å²) in [6.07, 6.45) is 1.76. The molecule has 0 N–H and O–H groups in total. The normalized spacial score (nSPS) is 18.2. The van der Waals surface area contributed by atoms with E-state index in [9.17, 15) is 4.79 Å². The zero-order chi connectivity index (χ0) is 13.8. The predicted octanol–water partition coefficient (Wildman–Crippen LogP) is 3.47. The number of rotatable bonds is 3. The summed E-state index contributed by atoms with van der Waals surface area (Å²) in [5, 5.41) is 0. The molecule has 1 heterocycles. The molecule has 4 heteroatoms. The van der Waals surface area contributed by atoms with Gasteiger partial charge in [0, 0.05) is 17.6 Å². The van der Waals surface area contributed by atoms with Crippen LogP contribution < -0.4 is 4.74 Å². The van der Waals surface area contributed by atoms with E-state index in [2.05, 4.69) is 22.9 Å². The van der Waals surface area contributed by atoms with E-state index in [1.54, 1.807) is 0 Å². The van der Waals surface area contributed by atoms with Crippen LogP contribution in [0.2, 0.25) is 0 Å². The highest BCUT2D eigenvalue weighted by Crippen LogP contribution is 2.21. The Hall–Kier alpha value is -1.03. The lowest BCUT2D eigenvalue weighted by atomic mass is 9.99. The maximum absolute atomic E-state index is 12.3. The number of ether oxygens (including phenoxy) is 1. The smallest absolute Gasteiger partial charge is 0.263 e. The number of amides is 1. The second-order valence-corrected chi connectivity index (χ2v) is 6.14. The SMILES string of the molecule is CC1CCN(C(=O)C(C)Oc2cccc(Br)c2)CC1. The minimum absolute atomic E-state index is 0.0897. The van der Waals surface area contributed by atoms with Crippen molar-refractivity contribution in [3.8, 4) is 5.75 Å². The number of piperidine rings is 1. The molecule has 1 fully saturated rings. The molecular formula is C15H20BrNO2. The maximum atomic E-state index is 12.3. The van der Waals surface area contributed by atoms with E-state index in [1.807, 2.05) is 36.1 Å².